The highest BCUT2D eigenvalue weighted by Gasteiger charge is 2.29. The summed E-state index contributed by atoms with van der Waals surface area (Å²) in [7, 11) is 1.40. The van der Waals surface area contributed by atoms with Gasteiger partial charge in [-0.3, -0.25) is 14.4 Å². The van der Waals surface area contributed by atoms with Gasteiger partial charge >= 0.3 is 6.61 Å². The first-order valence-corrected chi connectivity index (χ1v) is 14.7. The highest BCUT2D eigenvalue weighted by Crippen LogP contribution is 2.31. The fraction of sp³-hybridized carbons (Fsp3) is 0.400. The largest absolute Gasteiger partial charge is 0.432 e. The number of nitrogens with one attached hydrogen (secondary N) is 3. The number of ether oxygens (including phenoxy) is 1. The number of piperidine rings is 1. The Morgan fingerprint density at radius 3 is 2.53 bits per heavy atom. The van der Waals surface area contributed by atoms with Crippen LogP contribution in [-0.4, -0.2) is 71.5 Å². The van der Waals surface area contributed by atoms with Crippen LogP contribution in [0.1, 0.15) is 40.2 Å². The lowest BCUT2D eigenvalue weighted by atomic mass is 9.95. The summed E-state index contributed by atoms with van der Waals surface area (Å²) in [5.41, 5.74) is 0.180. The van der Waals surface area contributed by atoms with Gasteiger partial charge in [-0.05, 0) is 68.6 Å². The monoisotopic (exact) mass is 650 g/mol. The van der Waals surface area contributed by atoms with Crippen LogP contribution in [0.2, 0.25) is 5.02 Å². The molecular formula is C30H31ClF4N6O4. The lowest BCUT2D eigenvalue weighted by Gasteiger charge is -2.31. The number of likely N-dealkylation sites (tertiary alicyclic amines) is 1. The van der Waals surface area contributed by atoms with Crippen molar-refractivity contribution in [2.24, 2.45) is 18.9 Å². The van der Waals surface area contributed by atoms with E-state index >= 15 is 0 Å². The van der Waals surface area contributed by atoms with Gasteiger partial charge in [0, 0.05) is 43.9 Å². The molecule has 3 amide bonds. The zero-order chi connectivity index (χ0) is 32.2. The Balaban J connectivity index is 1.19. The summed E-state index contributed by atoms with van der Waals surface area (Å²) < 4.78 is 59.0. The summed E-state index contributed by atoms with van der Waals surface area (Å²) in [6, 6.07) is 6.28. The molecule has 0 spiro atoms. The summed E-state index contributed by atoms with van der Waals surface area (Å²) >= 11 is 6.42. The number of imidazole rings is 1. The molecule has 2 aliphatic rings. The number of halogens is 5. The molecule has 0 saturated carbocycles. The van der Waals surface area contributed by atoms with Crippen LogP contribution in [0.15, 0.2) is 36.5 Å². The topological polar surface area (TPSA) is 118 Å². The minimum atomic E-state index is -3.33. The standard InChI is InChI=1S/C30H31ClF4N6O4/c1-40-22(20-4-5-23(45-30(34)35)25(33)24(20)32)15-37-26(40)28(43)39-18-2-3-19(21(31)12-18)29(44)41-10-7-17(8-11-41)27(42)38-14-16-6-9-36-13-16/h2-5,12,15-17,30,36H,6-11,13-14H2,1H3,(H,38,42)(H,39,43)/t16-/m1/s1. The highest BCUT2D eigenvalue weighted by atomic mass is 35.5. The van der Waals surface area contributed by atoms with Crippen molar-refractivity contribution in [3.05, 3.63) is 64.6 Å². The van der Waals surface area contributed by atoms with E-state index in [-0.39, 0.29) is 51.1 Å². The van der Waals surface area contributed by atoms with Gasteiger partial charge in [0.1, 0.15) is 0 Å². The quantitative estimate of drug-likeness (QED) is 0.295. The number of carbonyl (C=O) groups is 3. The lowest BCUT2D eigenvalue weighted by Crippen LogP contribution is -2.44. The van der Waals surface area contributed by atoms with Crippen LogP contribution in [0.4, 0.5) is 23.2 Å². The molecule has 0 bridgehead atoms. The number of aromatic nitrogens is 2. The second-order valence-electron chi connectivity index (χ2n) is 11.0. The molecule has 0 radical (unpaired) electrons. The molecule has 45 heavy (non-hydrogen) atoms. The molecule has 2 saturated heterocycles. The van der Waals surface area contributed by atoms with Gasteiger partial charge < -0.3 is 30.2 Å². The molecule has 0 unspecified atom stereocenters. The summed E-state index contributed by atoms with van der Waals surface area (Å²) in [5, 5.41) is 9.02. The van der Waals surface area contributed by atoms with E-state index in [1.807, 2.05) is 0 Å². The van der Waals surface area contributed by atoms with Crippen molar-refractivity contribution in [3.63, 3.8) is 0 Å². The van der Waals surface area contributed by atoms with E-state index in [1.54, 1.807) is 4.90 Å². The van der Waals surface area contributed by atoms with Crippen molar-refractivity contribution in [2.45, 2.75) is 25.9 Å². The minimum absolute atomic E-state index is 0.00601. The molecule has 3 N–H and O–H groups in total. The Morgan fingerprint density at radius 2 is 1.87 bits per heavy atom. The van der Waals surface area contributed by atoms with E-state index in [0.717, 1.165) is 37.8 Å². The second kappa shape index (κ2) is 13.9. The normalized spacial score (nSPS) is 17.0. The maximum atomic E-state index is 14.6. The molecule has 5 rings (SSSR count). The van der Waals surface area contributed by atoms with Crippen LogP contribution in [0.5, 0.6) is 5.75 Å². The minimum Gasteiger partial charge on any atom is -0.432 e. The first kappa shape index (κ1) is 32.2. The third-order valence-electron chi connectivity index (χ3n) is 8.07. The van der Waals surface area contributed by atoms with E-state index in [2.05, 4.69) is 25.7 Å². The first-order chi connectivity index (χ1) is 21.5. The van der Waals surface area contributed by atoms with Crippen LogP contribution in [-0.2, 0) is 11.8 Å². The molecule has 2 fully saturated rings. The van der Waals surface area contributed by atoms with Crippen LogP contribution in [0.25, 0.3) is 11.3 Å². The van der Waals surface area contributed by atoms with Gasteiger partial charge in [0.15, 0.2) is 17.4 Å². The molecule has 15 heteroatoms. The average molecular weight is 651 g/mol. The van der Waals surface area contributed by atoms with E-state index < -0.39 is 29.9 Å². The van der Waals surface area contributed by atoms with E-state index in [4.69, 9.17) is 11.6 Å². The zero-order valence-electron chi connectivity index (χ0n) is 24.2. The van der Waals surface area contributed by atoms with Crippen molar-refractivity contribution in [1.29, 1.82) is 0 Å². The molecule has 240 valence electrons. The Morgan fingerprint density at radius 1 is 1.11 bits per heavy atom. The summed E-state index contributed by atoms with van der Waals surface area (Å²) in [4.78, 5) is 44.4. The fourth-order valence-electron chi connectivity index (χ4n) is 5.53. The van der Waals surface area contributed by atoms with E-state index in [0.29, 0.717) is 38.4 Å². The predicted octanol–water partition coefficient (Wildman–Crippen LogP) is 4.45. The van der Waals surface area contributed by atoms with E-state index in [1.165, 1.54) is 29.8 Å². The SMILES string of the molecule is Cn1c(-c2ccc(OC(F)F)c(F)c2F)cnc1C(=O)Nc1ccc(C(=O)N2CCC(C(=O)NC[C@@H]3CCNC3)CC2)c(Cl)c1. The lowest BCUT2D eigenvalue weighted by molar-refractivity contribution is -0.126. The number of rotatable bonds is 9. The number of carbonyl (C=O) groups excluding carboxylic acids is 3. The summed E-state index contributed by atoms with van der Waals surface area (Å²) in [6.45, 7) is 0.00652. The summed E-state index contributed by atoms with van der Waals surface area (Å²) in [5.74, 6) is -4.86. The van der Waals surface area contributed by atoms with Gasteiger partial charge in [-0.1, -0.05) is 11.6 Å². The van der Waals surface area contributed by atoms with Crippen LogP contribution >= 0.6 is 11.6 Å². The molecule has 3 heterocycles. The number of amides is 3. The van der Waals surface area contributed by atoms with Crippen molar-refractivity contribution >= 4 is 35.0 Å². The molecule has 2 aromatic carbocycles. The molecule has 3 aromatic rings. The fourth-order valence-corrected chi connectivity index (χ4v) is 5.80. The third kappa shape index (κ3) is 7.22. The van der Waals surface area contributed by atoms with Crippen LogP contribution < -0.4 is 20.7 Å². The van der Waals surface area contributed by atoms with Gasteiger partial charge in [-0.15, -0.1) is 0 Å². The van der Waals surface area contributed by atoms with Gasteiger partial charge in [-0.25, -0.2) is 9.37 Å². The molecule has 1 atom stereocenters. The molecule has 10 nitrogen and oxygen atoms in total. The Labute approximate surface area is 261 Å². The second-order valence-corrected chi connectivity index (χ2v) is 11.4. The van der Waals surface area contributed by atoms with Gasteiger partial charge in [-0.2, -0.15) is 13.2 Å². The molecule has 0 aliphatic carbocycles. The predicted molar refractivity (Wildman–Crippen MR) is 157 cm³/mol. The van der Waals surface area contributed by atoms with Crippen molar-refractivity contribution < 1.29 is 36.7 Å². The summed E-state index contributed by atoms with van der Waals surface area (Å²) in [6.07, 6.45) is 3.27. The first-order valence-electron chi connectivity index (χ1n) is 14.4. The van der Waals surface area contributed by atoms with Gasteiger partial charge in [0.2, 0.25) is 11.7 Å². The average Bonchev–Trinajstić information content (AvgIpc) is 3.68. The molecule has 2 aliphatic heterocycles. The Hall–Kier alpha value is -4.17. The van der Waals surface area contributed by atoms with Crippen LogP contribution in [0, 0.1) is 23.5 Å². The maximum Gasteiger partial charge on any atom is 0.387 e. The van der Waals surface area contributed by atoms with Crippen molar-refractivity contribution in [1.82, 2.24) is 25.1 Å². The Kier molecular flexibility index (Phi) is 9.93. The smallest absolute Gasteiger partial charge is 0.387 e. The van der Waals surface area contributed by atoms with Gasteiger partial charge in [0.25, 0.3) is 11.8 Å². The number of anilines is 1. The number of hydrogen-bond donors (Lipinski definition) is 3. The molecule has 1 aromatic heterocycles. The number of hydrogen-bond acceptors (Lipinski definition) is 6. The van der Waals surface area contributed by atoms with Crippen LogP contribution in [0.3, 0.4) is 0 Å². The molecular weight excluding hydrogens is 620 g/mol. The zero-order valence-corrected chi connectivity index (χ0v) is 25.0. The third-order valence-corrected chi connectivity index (χ3v) is 8.38. The van der Waals surface area contributed by atoms with Crippen molar-refractivity contribution in [3.8, 4) is 17.0 Å². The number of alkyl halides is 2. The maximum absolute atomic E-state index is 14.6. The van der Waals surface area contributed by atoms with Crippen molar-refractivity contribution in [2.75, 3.05) is 38.0 Å². The van der Waals surface area contributed by atoms with Gasteiger partial charge in [0.05, 0.1) is 22.5 Å². The number of benzene rings is 2. The van der Waals surface area contributed by atoms with E-state index in [9.17, 15) is 31.9 Å². The highest BCUT2D eigenvalue weighted by molar-refractivity contribution is 6.34. The number of nitrogens with zero attached hydrogens (tertiary/aromatic N) is 3. The Bertz CT molecular complexity index is 1590.